The second-order valence-electron chi connectivity index (χ2n) is 6.02. The van der Waals surface area contributed by atoms with E-state index in [0.717, 1.165) is 12.1 Å². The van der Waals surface area contributed by atoms with E-state index < -0.39 is 24.1 Å². The number of imide groups is 1. The van der Waals surface area contributed by atoms with Crippen molar-refractivity contribution in [3.8, 4) is 5.75 Å². The third kappa shape index (κ3) is 3.89. The Bertz CT molecular complexity index is 714. The second-order valence-corrected chi connectivity index (χ2v) is 6.02. The van der Waals surface area contributed by atoms with Gasteiger partial charge in [-0.1, -0.05) is 6.07 Å². The number of likely N-dealkylation sites (tertiary alicyclic amines) is 1. The van der Waals surface area contributed by atoms with E-state index in [2.05, 4.69) is 10.1 Å². The lowest BCUT2D eigenvalue weighted by Gasteiger charge is -2.35. The van der Waals surface area contributed by atoms with Crippen molar-refractivity contribution in [3.05, 3.63) is 29.8 Å². The van der Waals surface area contributed by atoms with Crippen LogP contribution in [0.1, 0.15) is 23.2 Å². The number of amides is 4. The van der Waals surface area contributed by atoms with Gasteiger partial charge in [0, 0.05) is 24.7 Å². The summed E-state index contributed by atoms with van der Waals surface area (Å²) in [7, 11) is 0. The number of halogens is 3. The van der Waals surface area contributed by atoms with Crippen molar-refractivity contribution >= 4 is 17.8 Å². The number of hydrogen-bond acceptors (Lipinski definition) is 4. The van der Waals surface area contributed by atoms with Gasteiger partial charge in [0.15, 0.2) is 0 Å². The van der Waals surface area contributed by atoms with Crippen LogP contribution in [0.3, 0.4) is 0 Å². The van der Waals surface area contributed by atoms with Crippen LogP contribution in [0, 0.1) is 0 Å². The average Bonchev–Trinajstić information content (AvgIpc) is 2.92. The zero-order chi connectivity index (χ0) is 18.9. The molecule has 0 saturated carbocycles. The number of carbonyl (C=O) groups is 3. The normalized spacial score (nSPS) is 18.9. The number of nitrogens with one attached hydrogen (secondary N) is 1. The SMILES string of the molecule is O=C(c1cccc(OC(F)(F)F)c1)N1CCC(N2C(=O)CNC2=O)CC1. The molecule has 7 nitrogen and oxygen atoms in total. The van der Waals surface area contributed by atoms with Gasteiger partial charge in [-0.3, -0.25) is 14.5 Å². The molecule has 0 spiro atoms. The van der Waals surface area contributed by atoms with Crippen molar-refractivity contribution < 1.29 is 32.3 Å². The van der Waals surface area contributed by atoms with E-state index in [1.54, 1.807) is 0 Å². The Kier molecular flexibility index (Phi) is 4.75. The molecule has 2 heterocycles. The van der Waals surface area contributed by atoms with Crippen LogP contribution in [0.15, 0.2) is 24.3 Å². The number of piperidine rings is 1. The van der Waals surface area contributed by atoms with Crippen molar-refractivity contribution in [3.63, 3.8) is 0 Å². The van der Waals surface area contributed by atoms with E-state index in [1.165, 1.54) is 21.9 Å². The minimum Gasteiger partial charge on any atom is -0.406 e. The number of benzene rings is 1. The van der Waals surface area contributed by atoms with Gasteiger partial charge < -0.3 is 15.0 Å². The van der Waals surface area contributed by atoms with Gasteiger partial charge in [0.2, 0.25) is 5.91 Å². The van der Waals surface area contributed by atoms with Gasteiger partial charge in [-0.15, -0.1) is 13.2 Å². The van der Waals surface area contributed by atoms with E-state index in [9.17, 15) is 27.6 Å². The molecule has 26 heavy (non-hydrogen) atoms. The molecule has 10 heteroatoms. The third-order valence-electron chi connectivity index (χ3n) is 4.31. The van der Waals surface area contributed by atoms with Gasteiger partial charge in [-0.2, -0.15) is 0 Å². The summed E-state index contributed by atoms with van der Waals surface area (Å²) in [5, 5.41) is 2.45. The second kappa shape index (κ2) is 6.85. The summed E-state index contributed by atoms with van der Waals surface area (Å²) in [6.45, 7) is 0.569. The number of alkyl halides is 3. The van der Waals surface area contributed by atoms with Crippen molar-refractivity contribution in [2.75, 3.05) is 19.6 Å². The molecule has 0 aliphatic carbocycles. The number of hydrogen-bond donors (Lipinski definition) is 1. The first-order chi connectivity index (χ1) is 12.2. The van der Waals surface area contributed by atoms with Crippen LogP contribution in [0.5, 0.6) is 5.75 Å². The summed E-state index contributed by atoms with van der Waals surface area (Å²) in [5.74, 6) is -1.18. The number of nitrogens with zero attached hydrogens (tertiary/aromatic N) is 2. The smallest absolute Gasteiger partial charge is 0.406 e. The fourth-order valence-corrected chi connectivity index (χ4v) is 3.14. The first-order valence-corrected chi connectivity index (χ1v) is 7.99. The Morgan fingerprint density at radius 1 is 1.19 bits per heavy atom. The number of carbonyl (C=O) groups excluding carboxylic acids is 3. The fourth-order valence-electron chi connectivity index (χ4n) is 3.14. The Hall–Kier alpha value is -2.78. The predicted octanol–water partition coefficient (Wildman–Crippen LogP) is 1.74. The van der Waals surface area contributed by atoms with Crippen LogP contribution in [0.4, 0.5) is 18.0 Å². The molecule has 1 N–H and O–H groups in total. The monoisotopic (exact) mass is 371 g/mol. The molecular formula is C16H16F3N3O4. The zero-order valence-corrected chi connectivity index (χ0v) is 13.6. The number of ether oxygens (including phenoxy) is 1. The van der Waals surface area contributed by atoms with Crippen molar-refractivity contribution in [2.45, 2.75) is 25.2 Å². The predicted molar refractivity (Wildman–Crippen MR) is 82.3 cm³/mol. The highest BCUT2D eigenvalue weighted by Crippen LogP contribution is 2.25. The number of rotatable bonds is 3. The van der Waals surface area contributed by atoms with Crippen LogP contribution < -0.4 is 10.1 Å². The zero-order valence-electron chi connectivity index (χ0n) is 13.6. The van der Waals surface area contributed by atoms with Crippen molar-refractivity contribution in [1.29, 1.82) is 0 Å². The Labute approximate surface area is 146 Å². The van der Waals surface area contributed by atoms with Crippen LogP contribution >= 0.6 is 0 Å². The van der Waals surface area contributed by atoms with Crippen LogP contribution in [0.25, 0.3) is 0 Å². The minimum atomic E-state index is -4.83. The van der Waals surface area contributed by atoms with E-state index >= 15 is 0 Å². The molecule has 0 atom stereocenters. The standard InChI is InChI=1S/C16H16F3N3O4/c17-16(18,19)26-12-3-1-2-10(8-12)14(24)21-6-4-11(5-7-21)22-13(23)9-20-15(22)25/h1-3,8,11H,4-7,9H2,(H,20,25). The van der Waals surface area contributed by atoms with E-state index in [0.29, 0.717) is 25.9 Å². The van der Waals surface area contributed by atoms with Gasteiger partial charge in [0.25, 0.3) is 5.91 Å². The molecule has 2 aliphatic heterocycles. The molecule has 2 saturated heterocycles. The third-order valence-corrected chi connectivity index (χ3v) is 4.31. The van der Waals surface area contributed by atoms with Gasteiger partial charge in [0.05, 0.1) is 6.54 Å². The Morgan fingerprint density at radius 2 is 1.88 bits per heavy atom. The maximum atomic E-state index is 12.5. The first-order valence-electron chi connectivity index (χ1n) is 7.99. The van der Waals surface area contributed by atoms with Gasteiger partial charge >= 0.3 is 12.4 Å². The molecule has 1 aromatic rings. The van der Waals surface area contributed by atoms with E-state index in [1.807, 2.05) is 0 Å². The molecule has 2 aliphatic rings. The summed E-state index contributed by atoms with van der Waals surface area (Å²) < 4.78 is 40.7. The quantitative estimate of drug-likeness (QED) is 0.821. The summed E-state index contributed by atoms with van der Waals surface area (Å²) in [6.07, 6.45) is -3.99. The fraction of sp³-hybridized carbons (Fsp3) is 0.438. The summed E-state index contributed by atoms with van der Waals surface area (Å²) in [4.78, 5) is 38.6. The molecule has 0 radical (unpaired) electrons. The molecule has 3 rings (SSSR count). The van der Waals surface area contributed by atoms with E-state index in [-0.39, 0.29) is 24.1 Å². The van der Waals surface area contributed by atoms with E-state index in [4.69, 9.17) is 0 Å². The lowest BCUT2D eigenvalue weighted by molar-refractivity contribution is -0.274. The highest BCUT2D eigenvalue weighted by molar-refractivity contribution is 6.02. The van der Waals surface area contributed by atoms with Crippen LogP contribution in [-0.2, 0) is 4.79 Å². The molecule has 0 aromatic heterocycles. The van der Waals surface area contributed by atoms with Crippen molar-refractivity contribution in [2.24, 2.45) is 0 Å². The highest BCUT2D eigenvalue weighted by atomic mass is 19.4. The maximum Gasteiger partial charge on any atom is 0.573 e. The molecule has 0 bridgehead atoms. The highest BCUT2D eigenvalue weighted by Gasteiger charge is 2.37. The van der Waals surface area contributed by atoms with Crippen LogP contribution in [-0.4, -0.2) is 59.7 Å². The molecule has 2 fully saturated rings. The number of urea groups is 1. The summed E-state index contributed by atoms with van der Waals surface area (Å²) in [6, 6.07) is 4.17. The lowest BCUT2D eigenvalue weighted by Crippen LogP contribution is -2.49. The Morgan fingerprint density at radius 3 is 2.46 bits per heavy atom. The molecular weight excluding hydrogens is 355 g/mol. The van der Waals surface area contributed by atoms with Crippen LogP contribution in [0.2, 0.25) is 0 Å². The van der Waals surface area contributed by atoms with Gasteiger partial charge in [-0.25, -0.2) is 4.79 Å². The molecule has 1 aromatic carbocycles. The van der Waals surface area contributed by atoms with Crippen molar-refractivity contribution in [1.82, 2.24) is 15.1 Å². The largest absolute Gasteiger partial charge is 0.573 e. The molecule has 140 valence electrons. The first kappa shape index (κ1) is 18.0. The Balaban J connectivity index is 1.63. The topological polar surface area (TPSA) is 79.0 Å². The summed E-state index contributed by atoms with van der Waals surface area (Å²) in [5.41, 5.74) is 0.0835. The molecule has 0 unspecified atom stereocenters. The van der Waals surface area contributed by atoms with Gasteiger partial charge in [0.1, 0.15) is 5.75 Å². The summed E-state index contributed by atoms with van der Waals surface area (Å²) >= 11 is 0. The maximum absolute atomic E-state index is 12.5. The van der Waals surface area contributed by atoms with Gasteiger partial charge in [-0.05, 0) is 31.0 Å². The molecule has 4 amide bonds. The minimum absolute atomic E-state index is 0.0238. The average molecular weight is 371 g/mol. The lowest BCUT2D eigenvalue weighted by atomic mass is 10.0.